The summed E-state index contributed by atoms with van der Waals surface area (Å²) in [6.45, 7) is 3.38. The summed E-state index contributed by atoms with van der Waals surface area (Å²) >= 11 is 0. The smallest absolute Gasteiger partial charge is 0.248 e. The highest BCUT2D eigenvalue weighted by Gasteiger charge is 2.52. The third kappa shape index (κ3) is 2.91. The van der Waals surface area contributed by atoms with E-state index in [-0.39, 0.29) is 42.3 Å². The molecule has 1 heterocycles. The van der Waals surface area contributed by atoms with Crippen LogP contribution >= 0.6 is 0 Å². The second-order valence-electron chi connectivity index (χ2n) is 5.49. The lowest BCUT2D eigenvalue weighted by Crippen LogP contribution is -2.66. The minimum atomic E-state index is -3.13. The molecule has 6 nitrogen and oxygen atoms in total. The van der Waals surface area contributed by atoms with Gasteiger partial charge in [0, 0.05) is 12.3 Å². The van der Waals surface area contributed by atoms with Crippen molar-refractivity contribution in [1.82, 2.24) is 10.2 Å². The van der Waals surface area contributed by atoms with Gasteiger partial charge in [-0.15, -0.1) is 0 Å². The van der Waals surface area contributed by atoms with Crippen LogP contribution in [-0.4, -0.2) is 55.3 Å². The summed E-state index contributed by atoms with van der Waals surface area (Å²) in [5.41, 5.74) is -0.842. The Morgan fingerprint density at radius 3 is 2.53 bits per heavy atom. The van der Waals surface area contributed by atoms with Crippen LogP contribution in [0.2, 0.25) is 0 Å². The molecule has 1 aliphatic heterocycles. The zero-order chi connectivity index (χ0) is 14.3. The fourth-order valence-electron chi connectivity index (χ4n) is 2.47. The lowest BCUT2D eigenvalue weighted by molar-refractivity contribution is -0.149. The van der Waals surface area contributed by atoms with Crippen molar-refractivity contribution in [2.24, 2.45) is 5.92 Å². The van der Waals surface area contributed by atoms with Crippen LogP contribution in [0.1, 0.15) is 26.7 Å². The quantitative estimate of drug-likeness (QED) is 0.742. The Morgan fingerprint density at radius 1 is 1.37 bits per heavy atom. The van der Waals surface area contributed by atoms with Crippen molar-refractivity contribution in [1.29, 1.82) is 0 Å². The number of carbonyl (C=O) groups excluding carboxylic acids is 2. The predicted molar refractivity (Wildman–Crippen MR) is 70.2 cm³/mol. The number of amides is 2. The van der Waals surface area contributed by atoms with E-state index < -0.39 is 15.4 Å². The van der Waals surface area contributed by atoms with Crippen LogP contribution < -0.4 is 5.32 Å². The lowest BCUT2D eigenvalue weighted by Gasteiger charge is -2.40. The first-order valence-corrected chi connectivity index (χ1v) is 8.41. The lowest BCUT2D eigenvalue weighted by atomic mass is 9.91. The zero-order valence-corrected chi connectivity index (χ0v) is 12.1. The van der Waals surface area contributed by atoms with E-state index >= 15 is 0 Å². The number of rotatable bonds is 5. The third-order valence-electron chi connectivity index (χ3n) is 3.97. The Kier molecular flexibility index (Phi) is 3.59. The van der Waals surface area contributed by atoms with Crippen LogP contribution in [0.5, 0.6) is 0 Å². The van der Waals surface area contributed by atoms with E-state index in [4.69, 9.17) is 0 Å². The number of nitrogens with zero attached hydrogens (tertiary/aromatic N) is 1. The van der Waals surface area contributed by atoms with Gasteiger partial charge < -0.3 is 10.2 Å². The Morgan fingerprint density at radius 2 is 2.00 bits per heavy atom. The van der Waals surface area contributed by atoms with Crippen LogP contribution in [0.15, 0.2) is 0 Å². The Bertz CT molecular complexity index is 498. The highest BCUT2D eigenvalue weighted by molar-refractivity contribution is 7.91. The van der Waals surface area contributed by atoms with E-state index in [0.717, 1.165) is 12.8 Å². The third-order valence-corrected chi connectivity index (χ3v) is 5.66. The maximum atomic E-state index is 12.4. The number of sulfone groups is 1. The number of carbonyl (C=O) groups is 2. The van der Waals surface area contributed by atoms with Crippen molar-refractivity contribution >= 4 is 21.7 Å². The molecular weight excluding hydrogens is 268 g/mol. The van der Waals surface area contributed by atoms with Gasteiger partial charge in [0.25, 0.3) is 0 Å². The van der Waals surface area contributed by atoms with Gasteiger partial charge in [0.2, 0.25) is 11.8 Å². The molecule has 2 rings (SSSR count). The molecular formula is C12H20N2O4S. The van der Waals surface area contributed by atoms with Gasteiger partial charge in [-0.3, -0.25) is 9.59 Å². The molecule has 0 spiro atoms. The first-order valence-electron chi connectivity index (χ1n) is 6.59. The number of nitrogens with one attached hydrogen (secondary N) is 1. The topological polar surface area (TPSA) is 83.6 Å². The van der Waals surface area contributed by atoms with E-state index in [9.17, 15) is 18.0 Å². The Labute approximate surface area is 113 Å². The molecule has 0 aromatic carbocycles. The monoisotopic (exact) mass is 288 g/mol. The fraction of sp³-hybridized carbons (Fsp3) is 0.833. The maximum Gasteiger partial charge on any atom is 0.248 e. The molecule has 1 atom stereocenters. The summed E-state index contributed by atoms with van der Waals surface area (Å²) in [5.74, 6) is -0.192. The molecule has 0 aromatic rings. The van der Waals surface area contributed by atoms with Gasteiger partial charge in [-0.25, -0.2) is 8.42 Å². The second-order valence-corrected chi connectivity index (χ2v) is 7.96. The van der Waals surface area contributed by atoms with Crippen molar-refractivity contribution in [3.8, 4) is 0 Å². The van der Waals surface area contributed by atoms with Gasteiger partial charge in [0.1, 0.15) is 5.54 Å². The molecule has 1 aliphatic carbocycles. The minimum absolute atomic E-state index is 0.0413. The second kappa shape index (κ2) is 4.77. The van der Waals surface area contributed by atoms with Gasteiger partial charge in [-0.05, 0) is 25.7 Å². The van der Waals surface area contributed by atoms with Gasteiger partial charge in [-0.1, -0.05) is 6.92 Å². The molecule has 1 saturated carbocycles. The summed E-state index contributed by atoms with van der Waals surface area (Å²) in [5, 5.41) is 2.77. The van der Waals surface area contributed by atoms with Gasteiger partial charge in [0.05, 0.1) is 12.3 Å². The molecule has 0 radical (unpaired) electrons. The van der Waals surface area contributed by atoms with Crippen LogP contribution in [0.4, 0.5) is 0 Å². The summed E-state index contributed by atoms with van der Waals surface area (Å²) in [6, 6.07) is 0. The van der Waals surface area contributed by atoms with Crippen molar-refractivity contribution < 1.29 is 18.0 Å². The van der Waals surface area contributed by atoms with Crippen molar-refractivity contribution in [3.63, 3.8) is 0 Å². The van der Waals surface area contributed by atoms with Crippen LogP contribution in [0.3, 0.4) is 0 Å². The minimum Gasteiger partial charge on any atom is -0.340 e. The van der Waals surface area contributed by atoms with E-state index in [0.29, 0.717) is 0 Å². The molecule has 2 amide bonds. The van der Waals surface area contributed by atoms with Crippen molar-refractivity contribution in [2.75, 3.05) is 24.6 Å². The summed E-state index contributed by atoms with van der Waals surface area (Å²) in [4.78, 5) is 25.5. The molecule has 0 aromatic heterocycles. The number of hydrogen-bond acceptors (Lipinski definition) is 4. The normalized spacial score (nSPS) is 28.4. The van der Waals surface area contributed by atoms with Gasteiger partial charge in [0.15, 0.2) is 9.84 Å². The van der Waals surface area contributed by atoms with Crippen LogP contribution in [-0.2, 0) is 19.4 Å². The highest BCUT2D eigenvalue weighted by Crippen LogP contribution is 2.41. The maximum absolute atomic E-state index is 12.4. The Balaban J connectivity index is 2.08. The molecule has 1 N–H and O–H groups in total. The molecule has 108 valence electrons. The van der Waals surface area contributed by atoms with E-state index in [2.05, 4.69) is 5.32 Å². The molecule has 2 fully saturated rings. The van der Waals surface area contributed by atoms with Gasteiger partial charge >= 0.3 is 0 Å². The van der Waals surface area contributed by atoms with E-state index in [1.165, 1.54) is 4.90 Å². The van der Waals surface area contributed by atoms with Crippen molar-refractivity contribution in [2.45, 2.75) is 32.2 Å². The number of hydrogen-bond donors (Lipinski definition) is 1. The Hall–Kier alpha value is -1.11. The SMILES string of the molecule is CCS(=O)(=O)CCN1CC(=O)NC(C)(C2CC2)C1=O. The molecule has 7 heteroatoms. The largest absolute Gasteiger partial charge is 0.340 e. The molecule has 2 aliphatic rings. The fourth-order valence-corrected chi connectivity index (χ4v) is 3.26. The highest BCUT2D eigenvalue weighted by atomic mass is 32.2. The first kappa shape index (κ1) is 14.3. The first-order chi connectivity index (χ1) is 8.78. The summed E-state index contributed by atoms with van der Waals surface area (Å²) in [6.07, 6.45) is 1.87. The number of piperazine rings is 1. The summed E-state index contributed by atoms with van der Waals surface area (Å²) < 4.78 is 23.0. The summed E-state index contributed by atoms with van der Waals surface area (Å²) in [7, 11) is -3.13. The van der Waals surface area contributed by atoms with Gasteiger partial charge in [-0.2, -0.15) is 0 Å². The van der Waals surface area contributed by atoms with Crippen LogP contribution in [0, 0.1) is 5.92 Å². The zero-order valence-electron chi connectivity index (χ0n) is 11.3. The van der Waals surface area contributed by atoms with E-state index in [1.807, 2.05) is 0 Å². The van der Waals surface area contributed by atoms with Crippen LogP contribution in [0.25, 0.3) is 0 Å². The molecule has 0 bridgehead atoms. The van der Waals surface area contributed by atoms with Crippen molar-refractivity contribution in [3.05, 3.63) is 0 Å². The molecule has 1 saturated heterocycles. The average Bonchev–Trinajstić information content (AvgIpc) is 3.16. The average molecular weight is 288 g/mol. The standard InChI is InChI=1S/C12H20N2O4S/c1-3-19(17,18)7-6-14-8-10(15)13-12(2,11(14)16)9-4-5-9/h9H,3-8H2,1-2H3,(H,13,15). The molecule has 19 heavy (non-hydrogen) atoms. The molecule has 1 unspecified atom stereocenters. The predicted octanol–water partition coefficient (Wildman–Crippen LogP) is -0.452. The van der Waals surface area contributed by atoms with E-state index in [1.54, 1.807) is 13.8 Å².